The Bertz CT molecular complexity index is 524. The fourth-order valence-electron chi connectivity index (χ4n) is 0.809. The van der Waals surface area contributed by atoms with Crippen molar-refractivity contribution >= 4 is 20.2 Å². The zero-order valence-corrected chi connectivity index (χ0v) is 10.1. The van der Waals surface area contributed by atoms with Gasteiger partial charge in [0.2, 0.25) is 5.75 Å². The van der Waals surface area contributed by atoms with Crippen molar-refractivity contribution in [3.05, 3.63) is 18.3 Å². The fourth-order valence-corrected chi connectivity index (χ4v) is 1.67. The van der Waals surface area contributed by atoms with Crippen LogP contribution >= 0.6 is 0 Å². The maximum Gasteiger partial charge on any atom is 0.307 e. The molecule has 0 spiro atoms. The van der Waals surface area contributed by atoms with E-state index in [1.165, 1.54) is 18.3 Å². The summed E-state index contributed by atoms with van der Waals surface area (Å²) in [5.74, 6) is -0.703. The van der Waals surface area contributed by atoms with Crippen LogP contribution in [-0.4, -0.2) is 34.3 Å². The highest BCUT2D eigenvalue weighted by atomic mass is 32.2. The lowest BCUT2D eigenvalue weighted by Crippen LogP contribution is -2.11. The first-order chi connectivity index (χ1) is 7.17. The van der Waals surface area contributed by atoms with Crippen molar-refractivity contribution in [3.8, 4) is 11.6 Å². The minimum atomic E-state index is -3.79. The fraction of sp³-hybridized carbons (Fsp3) is 0.286. The van der Waals surface area contributed by atoms with Crippen LogP contribution in [0, 0.1) is 0 Å². The Balaban J connectivity index is 3.11. The smallest absolute Gasteiger partial charge is 0.307 e. The largest absolute Gasteiger partial charge is 0.377 e. The summed E-state index contributed by atoms with van der Waals surface area (Å²) < 4.78 is 52.4. The van der Waals surface area contributed by atoms with Crippen molar-refractivity contribution in [1.82, 2.24) is 4.98 Å². The third-order valence-corrected chi connectivity index (χ3v) is 2.15. The summed E-state index contributed by atoms with van der Waals surface area (Å²) in [7, 11) is -7.56. The highest BCUT2D eigenvalue weighted by molar-refractivity contribution is 7.86. The standard InChI is InChI=1S/C7H9NO6S2/c1-15(9,10)13-6-4-3-5-8-7(6)14-16(2,11)12/h3-5H,1-2H3. The Morgan fingerprint density at radius 1 is 1.06 bits per heavy atom. The lowest BCUT2D eigenvalue weighted by Gasteiger charge is -2.07. The summed E-state index contributed by atoms with van der Waals surface area (Å²) in [6.07, 6.45) is 2.88. The Hall–Kier alpha value is -1.35. The maximum atomic E-state index is 10.9. The van der Waals surface area contributed by atoms with E-state index in [0.29, 0.717) is 0 Å². The average molecular weight is 267 g/mol. The zero-order chi connectivity index (χ0) is 12.4. The molecule has 0 aliphatic rings. The number of rotatable bonds is 4. The van der Waals surface area contributed by atoms with E-state index in [1.54, 1.807) is 0 Å². The summed E-state index contributed by atoms with van der Waals surface area (Å²) in [6, 6.07) is 2.62. The molecule has 0 aromatic carbocycles. The second-order valence-corrected chi connectivity index (χ2v) is 6.03. The molecule has 0 aliphatic carbocycles. The normalized spacial score (nSPS) is 12.1. The second kappa shape index (κ2) is 4.26. The Morgan fingerprint density at radius 2 is 1.62 bits per heavy atom. The van der Waals surface area contributed by atoms with Gasteiger partial charge in [0.05, 0.1) is 12.5 Å². The van der Waals surface area contributed by atoms with Gasteiger partial charge in [-0.05, 0) is 12.1 Å². The van der Waals surface area contributed by atoms with Crippen LogP contribution in [0.3, 0.4) is 0 Å². The molecule has 9 heteroatoms. The molecule has 0 saturated heterocycles. The van der Waals surface area contributed by atoms with Crippen LogP contribution in [0.15, 0.2) is 18.3 Å². The van der Waals surface area contributed by atoms with Crippen LogP contribution in [-0.2, 0) is 20.2 Å². The van der Waals surface area contributed by atoms with Crippen molar-refractivity contribution in [3.63, 3.8) is 0 Å². The van der Waals surface area contributed by atoms with Crippen LogP contribution in [0.25, 0.3) is 0 Å². The zero-order valence-electron chi connectivity index (χ0n) is 8.45. The molecule has 90 valence electrons. The van der Waals surface area contributed by atoms with E-state index in [0.717, 1.165) is 12.5 Å². The Kier molecular flexibility index (Phi) is 3.38. The highest BCUT2D eigenvalue weighted by Gasteiger charge is 2.15. The molecule has 0 amide bonds. The van der Waals surface area contributed by atoms with Crippen molar-refractivity contribution in [2.24, 2.45) is 0 Å². The molecule has 1 aromatic heterocycles. The molecule has 0 unspecified atom stereocenters. The van der Waals surface area contributed by atoms with Crippen molar-refractivity contribution in [2.45, 2.75) is 0 Å². The Morgan fingerprint density at radius 3 is 2.12 bits per heavy atom. The van der Waals surface area contributed by atoms with Crippen LogP contribution in [0.4, 0.5) is 0 Å². The molecule has 1 rings (SSSR count). The van der Waals surface area contributed by atoms with Gasteiger partial charge in [-0.1, -0.05) is 0 Å². The number of hydrogen-bond donors (Lipinski definition) is 0. The average Bonchev–Trinajstić information content (AvgIpc) is 2.03. The van der Waals surface area contributed by atoms with Gasteiger partial charge in [-0.15, -0.1) is 0 Å². The lowest BCUT2D eigenvalue weighted by molar-refractivity contribution is 0.446. The first-order valence-corrected chi connectivity index (χ1v) is 7.54. The first kappa shape index (κ1) is 12.7. The molecule has 7 nitrogen and oxygen atoms in total. The first-order valence-electron chi connectivity index (χ1n) is 3.91. The molecular formula is C7H9NO6S2. The van der Waals surface area contributed by atoms with Gasteiger partial charge in [0.15, 0.2) is 0 Å². The predicted octanol–water partition coefficient (Wildman–Crippen LogP) is -0.242. The predicted molar refractivity (Wildman–Crippen MR) is 55.2 cm³/mol. The summed E-state index contributed by atoms with van der Waals surface area (Å²) in [4.78, 5) is 3.56. The molecule has 0 aliphatic heterocycles. The van der Waals surface area contributed by atoms with Gasteiger partial charge < -0.3 is 8.37 Å². The molecule has 0 radical (unpaired) electrons. The summed E-state index contributed by atoms with van der Waals surface area (Å²) in [6.45, 7) is 0. The highest BCUT2D eigenvalue weighted by Crippen LogP contribution is 2.25. The molecule has 0 N–H and O–H groups in total. The van der Waals surface area contributed by atoms with Gasteiger partial charge in [-0.25, -0.2) is 4.98 Å². The van der Waals surface area contributed by atoms with E-state index in [-0.39, 0.29) is 5.75 Å². The van der Waals surface area contributed by atoms with E-state index >= 15 is 0 Å². The third kappa shape index (κ3) is 4.45. The molecule has 0 saturated carbocycles. The van der Waals surface area contributed by atoms with E-state index in [2.05, 4.69) is 13.4 Å². The second-order valence-electron chi connectivity index (χ2n) is 2.88. The van der Waals surface area contributed by atoms with Gasteiger partial charge in [-0.3, -0.25) is 0 Å². The number of aromatic nitrogens is 1. The van der Waals surface area contributed by atoms with E-state index in [4.69, 9.17) is 0 Å². The monoisotopic (exact) mass is 267 g/mol. The number of nitrogens with zero attached hydrogens (tertiary/aromatic N) is 1. The van der Waals surface area contributed by atoms with Gasteiger partial charge in [0.25, 0.3) is 5.88 Å². The van der Waals surface area contributed by atoms with Gasteiger partial charge >= 0.3 is 20.2 Å². The quantitative estimate of drug-likeness (QED) is 0.694. The molecule has 1 aromatic rings. The van der Waals surface area contributed by atoms with Crippen LogP contribution in [0.2, 0.25) is 0 Å². The topological polar surface area (TPSA) is 99.6 Å². The number of hydrogen-bond acceptors (Lipinski definition) is 7. The lowest BCUT2D eigenvalue weighted by atomic mass is 10.4. The van der Waals surface area contributed by atoms with Crippen molar-refractivity contribution < 1.29 is 25.2 Å². The van der Waals surface area contributed by atoms with Gasteiger partial charge in [0.1, 0.15) is 0 Å². The molecule has 16 heavy (non-hydrogen) atoms. The van der Waals surface area contributed by atoms with Crippen LogP contribution in [0.1, 0.15) is 0 Å². The molecular weight excluding hydrogens is 258 g/mol. The number of pyridine rings is 1. The van der Waals surface area contributed by atoms with Gasteiger partial charge in [0, 0.05) is 6.20 Å². The summed E-state index contributed by atoms with van der Waals surface area (Å²) in [5.41, 5.74) is 0. The molecule has 0 fully saturated rings. The van der Waals surface area contributed by atoms with Gasteiger partial charge in [-0.2, -0.15) is 16.8 Å². The summed E-state index contributed by atoms with van der Waals surface area (Å²) >= 11 is 0. The third-order valence-electron chi connectivity index (χ3n) is 1.21. The van der Waals surface area contributed by atoms with E-state index in [9.17, 15) is 16.8 Å². The summed E-state index contributed by atoms with van der Waals surface area (Å²) in [5, 5.41) is 0. The minimum absolute atomic E-state index is 0.282. The molecule has 0 atom stereocenters. The molecule has 1 heterocycles. The van der Waals surface area contributed by atoms with E-state index in [1.807, 2.05) is 0 Å². The van der Waals surface area contributed by atoms with Crippen molar-refractivity contribution in [2.75, 3.05) is 12.5 Å². The van der Waals surface area contributed by atoms with E-state index < -0.39 is 26.1 Å². The molecule has 0 bridgehead atoms. The van der Waals surface area contributed by atoms with Crippen molar-refractivity contribution in [1.29, 1.82) is 0 Å². The Labute approximate surface area is 93.3 Å². The SMILES string of the molecule is CS(=O)(=O)Oc1cccnc1OS(C)(=O)=O. The minimum Gasteiger partial charge on any atom is -0.377 e. The van der Waals surface area contributed by atoms with Crippen LogP contribution < -0.4 is 8.37 Å². The maximum absolute atomic E-state index is 10.9. The van der Waals surface area contributed by atoms with Crippen LogP contribution in [0.5, 0.6) is 11.6 Å².